The number of aryl methyl sites for hydroxylation is 2. The summed E-state index contributed by atoms with van der Waals surface area (Å²) in [5.41, 5.74) is 9.54. The lowest BCUT2D eigenvalue weighted by Crippen LogP contribution is -2.41. The van der Waals surface area contributed by atoms with Crippen molar-refractivity contribution in [3.8, 4) is 0 Å². The molecule has 0 spiro atoms. The lowest BCUT2D eigenvalue weighted by molar-refractivity contribution is -0.138. The number of aliphatic imine (C=N–C) groups is 1. The van der Waals surface area contributed by atoms with Crippen molar-refractivity contribution in [2.24, 2.45) is 16.1 Å². The van der Waals surface area contributed by atoms with Crippen LogP contribution >= 0.6 is 24.0 Å². The number of amides is 1. The van der Waals surface area contributed by atoms with Gasteiger partial charge in [0.2, 0.25) is 5.91 Å². The van der Waals surface area contributed by atoms with E-state index in [-0.39, 0.29) is 35.3 Å². The summed E-state index contributed by atoms with van der Waals surface area (Å²) in [4.78, 5) is 18.8. The quantitative estimate of drug-likeness (QED) is 0.416. The van der Waals surface area contributed by atoms with Crippen molar-refractivity contribution < 1.29 is 4.79 Å². The third-order valence-corrected chi connectivity index (χ3v) is 5.34. The third-order valence-electron chi connectivity index (χ3n) is 5.34. The van der Waals surface area contributed by atoms with Crippen LogP contribution in [-0.2, 0) is 17.6 Å². The van der Waals surface area contributed by atoms with Gasteiger partial charge in [-0.25, -0.2) is 0 Å². The average molecular weight is 456 g/mol. The standard InChI is InChI=1S/C19H28N4O.HI/c1-23(2)17(24)19(10-3-4-11-19)13-21-18(20)22-16-9-8-14-6-5-7-15(14)12-16;/h8-9,12H,3-7,10-11,13H2,1-2H3,(H3,20,21,22);1H. The van der Waals surface area contributed by atoms with Crippen LogP contribution < -0.4 is 11.1 Å². The van der Waals surface area contributed by atoms with E-state index in [0.29, 0.717) is 12.5 Å². The summed E-state index contributed by atoms with van der Waals surface area (Å²) in [6.45, 7) is 0.466. The minimum atomic E-state index is -0.367. The van der Waals surface area contributed by atoms with E-state index < -0.39 is 0 Å². The maximum atomic E-state index is 12.6. The monoisotopic (exact) mass is 456 g/mol. The van der Waals surface area contributed by atoms with Gasteiger partial charge in [0.15, 0.2) is 5.96 Å². The summed E-state index contributed by atoms with van der Waals surface area (Å²) in [5, 5.41) is 3.18. The molecule has 0 bridgehead atoms. The van der Waals surface area contributed by atoms with Crippen molar-refractivity contribution in [3.05, 3.63) is 29.3 Å². The van der Waals surface area contributed by atoms with Crippen LogP contribution in [0.4, 0.5) is 5.69 Å². The molecule has 1 fully saturated rings. The molecule has 0 unspecified atom stereocenters. The second-order valence-corrected chi connectivity index (χ2v) is 7.35. The molecular weight excluding hydrogens is 427 g/mol. The summed E-state index contributed by atoms with van der Waals surface area (Å²) >= 11 is 0. The molecule has 0 atom stereocenters. The highest BCUT2D eigenvalue weighted by molar-refractivity contribution is 14.0. The van der Waals surface area contributed by atoms with Crippen LogP contribution in [0.1, 0.15) is 43.2 Å². The Labute approximate surface area is 167 Å². The molecule has 1 aromatic carbocycles. The zero-order valence-corrected chi connectivity index (χ0v) is 17.5. The summed E-state index contributed by atoms with van der Waals surface area (Å²) in [6, 6.07) is 6.40. The highest BCUT2D eigenvalue weighted by atomic mass is 127. The van der Waals surface area contributed by atoms with Crippen LogP contribution in [0.25, 0.3) is 0 Å². The predicted octanol–water partition coefficient (Wildman–Crippen LogP) is 3.17. The number of nitrogens with one attached hydrogen (secondary N) is 1. The van der Waals surface area contributed by atoms with E-state index in [2.05, 4.69) is 28.5 Å². The first-order chi connectivity index (χ1) is 11.5. The molecule has 0 saturated heterocycles. The number of fused-ring (bicyclic) bond motifs is 1. The van der Waals surface area contributed by atoms with E-state index in [1.807, 2.05) is 14.1 Å². The van der Waals surface area contributed by atoms with Gasteiger partial charge in [-0.15, -0.1) is 24.0 Å². The highest BCUT2D eigenvalue weighted by Crippen LogP contribution is 2.39. The molecule has 0 heterocycles. The zero-order chi connectivity index (χ0) is 17.2. The van der Waals surface area contributed by atoms with Crippen molar-refractivity contribution in [2.75, 3.05) is 26.0 Å². The van der Waals surface area contributed by atoms with Crippen molar-refractivity contribution in [1.29, 1.82) is 0 Å². The van der Waals surface area contributed by atoms with Crippen LogP contribution in [0.5, 0.6) is 0 Å². The number of nitrogens with zero attached hydrogens (tertiary/aromatic N) is 2. The van der Waals surface area contributed by atoms with Crippen LogP contribution in [0.2, 0.25) is 0 Å². The summed E-state index contributed by atoms with van der Waals surface area (Å²) < 4.78 is 0. The van der Waals surface area contributed by atoms with Gasteiger partial charge in [-0.3, -0.25) is 9.79 Å². The summed E-state index contributed by atoms with van der Waals surface area (Å²) in [5.74, 6) is 0.569. The number of hydrogen-bond acceptors (Lipinski definition) is 2. The first kappa shape index (κ1) is 20.0. The van der Waals surface area contributed by atoms with Crippen molar-refractivity contribution in [2.45, 2.75) is 44.9 Å². The molecule has 1 amide bonds. The Balaban J connectivity index is 0.00000225. The number of carbonyl (C=O) groups is 1. The third kappa shape index (κ3) is 4.46. The topological polar surface area (TPSA) is 70.7 Å². The Hall–Kier alpha value is -1.31. The molecule has 3 rings (SSSR count). The first-order valence-electron chi connectivity index (χ1n) is 8.91. The van der Waals surface area contributed by atoms with Gasteiger partial charge in [-0.2, -0.15) is 0 Å². The highest BCUT2D eigenvalue weighted by Gasteiger charge is 2.41. The molecule has 3 N–H and O–H groups in total. The van der Waals surface area contributed by atoms with Gasteiger partial charge in [0.1, 0.15) is 0 Å². The number of anilines is 1. The van der Waals surface area contributed by atoms with Crippen LogP contribution in [-0.4, -0.2) is 37.4 Å². The van der Waals surface area contributed by atoms with E-state index >= 15 is 0 Å². The fraction of sp³-hybridized carbons (Fsp3) is 0.579. The van der Waals surface area contributed by atoms with Gasteiger partial charge in [0.25, 0.3) is 0 Å². The normalized spacial score (nSPS) is 18.4. The summed E-state index contributed by atoms with van der Waals surface area (Å²) in [6.07, 6.45) is 7.54. The van der Waals surface area contributed by atoms with Crippen molar-refractivity contribution in [3.63, 3.8) is 0 Å². The Kier molecular flexibility index (Phi) is 6.71. The first-order valence-corrected chi connectivity index (χ1v) is 8.91. The molecule has 6 heteroatoms. The fourth-order valence-corrected chi connectivity index (χ4v) is 4.04. The molecule has 138 valence electrons. The maximum absolute atomic E-state index is 12.6. The van der Waals surface area contributed by atoms with Gasteiger partial charge in [-0.05, 0) is 55.4 Å². The molecular formula is C19H29IN4O. The number of benzene rings is 1. The largest absolute Gasteiger partial charge is 0.370 e. The van der Waals surface area contributed by atoms with Gasteiger partial charge >= 0.3 is 0 Å². The second-order valence-electron chi connectivity index (χ2n) is 7.35. The Morgan fingerprint density at radius 3 is 2.56 bits per heavy atom. The van der Waals surface area contributed by atoms with E-state index in [1.54, 1.807) is 4.90 Å². The zero-order valence-electron chi connectivity index (χ0n) is 15.2. The molecule has 2 aliphatic rings. The number of rotatable bonds is 4. The Bertz CT molecular complexity index is 651. The molecule has 0 aliphatic heterocycles. The Morgan fingerprint density at radius 2 is 1.88 bits per heavy atom. The number of carbonyl (C=O) groups excluding carboxylic acids is 1. The number of nitrogens with two attached hydrogens (primary N) is 1. The minimum Gasteiger partial charge on any atom is -0.370 e. The van der Waals surface area contributed by atoms with Crippen LogP contribution in [0.3, 0.4) is 0 Å². The van der Waals surface area contributed by atoms with Gasteiger partial charge in [-0.1, -0.05) is 18.9 Å². The molecule has 2 aliphatic carbocycles. The molecule has 25 heavy (non-hydrogen) atoms. The van der Waals surface area contributed by atoms with Gasteiger partial charge < -0.3 is 16.0 Å². The van der Waals surface area contributed by atoms with E-state index in [4.69, 9.17) is 5.73 Å². The lowest BCUT2D eigenvalue weighted by Gasteiger charge is -2.29. The number of halogens is 1. The number of hydrogen-bond donors (Lipinski definition) is 2. The predicted molar refractivity (Wildman–Crippen MR) is 114 cm³/mol. The molecule has 0 aromatic heterocycles. The Morgan fingerprint density at radius 1 is 1.20 bits per heavy atom. The molecule has 5 nitrogen and oxygen atoms in total. The van der Waals surface area contributed by atoms with Crippen molar-refractivity contribution >= 4 is 41.5 Å². The van der Waals surface area contributed by atoms with Crippen molar-refractivity contribution in [1.82, 2.24) is 4.90 Å². The lowest BCUT2D eigenvalue weighted by atomic mass is 9.85. The van der Waals surface area contributed by atoms with Gasteiger partial charge in [0, 0.05) is 19.8 Å². The van der Waals surface area contributed by atoms with Gasteiger partial charge in [0.05, 0.1) is 12.0 Å². The molecule has 1 aromatic rings. The van der Waals surface area contributed by atoms with Crippen LogP contribution in [0, 0.1) is 5.41 Å². The smallest absolute Gasteiger partial charge is 0.230 e. The van der Waals surface area contributed by atoms with E-state index in [0.717, 1.165) is 37.8 Å². The molecule has 0 radical (unpaired) electrons. The maximum Gasteiger partial charge on any atom is 0.230 e. The number of guanidine groups is 1. The minimum absolute atomic E-state index is 0. The average Bonchev–Trinajstić information content (AvgIpc) is 3.21. The van der Waals surface area contributed by atoms with E-state index in [9.17, 15) is 4.79 Å². The van der Waals surface area contributed by atoms with Crippen LogP contribution in [0.15, 0.2) is 23.2 Å². The molecule has 1 saturated carbocycles. The SMILES string of the molecule is CN(C)C(=O)C1(CN=C(N)Nc2ccc3c(c2)CCC3)CCCC1.I. The fourth-order valence-electron chi connectivity index (χ4n) is 4.04. The summed E-state index contributed by atoms with van der Waals surface area (Å²) in [7, 11) is 3.64. The van der Waals surface area contributed by atoms with E-state index in [1.165, 1.54) is 24.0 Å². The second kappa shape index (κ2) is 8.38.